The normalized spacial score (nSPS) is 13.2. The Morgan fingerprint density at radius 2 is 2.12 bits per heavy atom. The SMILES string of the molecule is O=C(Nc1conc1-c1ccccc1)c1cnn2c1C(=O)NCC2. The summed E-state index contributed by atoms with van der Waals surface area (Å²) in [5.74, 6) is -0.744. The van der Waals surface area contributed by atoms with Gasteiger partial charge in [-0.15, -0.1) is 0 Å². The number of hydrogen-bond donors (Lipinski definition) is 2. The fourth-order valence-corrected chi connectivity index (χ4v) is 2.64. The number of carbonyl (C=O) groups excluding carboxylic acids is 2. The molecule has 0 saturated carbocycles. The van der Waals surface area contributed by atoms with E-state index in [9.17, 15) is 9.59 Å². The summed E-state index contributed by atoms with van der Waals surface area (Å²) in [7, 11) is 0. The molecule has 2 amide bonds. The van der Waals surface area contributed by atoms with Crippen molar-refractivity contribution >= 4 is 17.5 Å². The molecule has 3 heterocycles. The highest BCUT2D eigenvalue weighted by atomic mass is 16.5. The van der Waals surface area contributed by atoms with Crippen molar-refractivity contribution in [2.24, 2.45) is 0 Å². The van der Waals surface area contributed by atoms with Gasteiger partial charge < -0.3 is 15.2 Å². The third kappa shape index (κ3) is 2.34. The van der Waals surface area contributed by atoms with Crippen LogP contribution in [-0.4, -0.2) is 33.3 Å². The summed E-state index contributed by atoms with van der Waals surface area (Å²) < 4.78 is 6.51. The molecule has 120 valence electrons. The van der Waals surface area contributed by atoms with Crippen molar-refractivity contribution in [2.45, 2.75) is 6.54 Å². The second-order valence-electron chi connectivity index (χ2n) is 5.28. The summed E-state index contributed by atoms with van der Waals surface area (Å²) in [5, 5.41) is 13.5. The molecule has 3 aromatic rings. The first-order chi connectivity index (χ1) is 11.7. The zero-order chi connectivity index (χ0) is 16.5. The fraction of sp³-hybridized carbons (Fsp3) is 0.125. The van der Waals surface area contributed by atoms with Gasteiger partial charge in [0.25, 0.3) is 11.8 Å². The lowest BCUT2D eigenvalue weighted by molar-refractivity contribution is 0.0913. The zero-order valence-corrected chi connectivity index (χ0v) is 12.5. The average molecular weight is 323 g/mol. The molecule has 0 atom stereocenters. The first-order valence-corrected chi connectivity index (χ1v) is 7.39. The van der Waals surface area contributed by atoms with E-state index in [0.717, 1.165) is 5.56 Å². The van der Waals surface area contributed by atoms with Crippen LogP contribution in [0.4, 0.5) is 5.69 Å². The van der Waals surface area contributed by atoms with Gasteiger partial charge in [-0.2, -0.15) is 5.10 Å². The van der Waals surface area contributed by atoms with Crippen LogP contribution in [-0.2, 0) is 6.54 Å². The molecule has 8 heteroatoms. The largest absolute Gasteiger partial charge is 0.362 e. The zero-order valence-electron chi connectivity index (χ0n) is 12.5. The molecule has 0 saturated heterocycles. The molecule has 4 rings (SSSR count). The van der Waals surface area contributed by atoms with E-state index >= 15 is 0 Å². The quantitative estimate of drug-likeness (QED) is 0.761. The van der Waals surface area contributed by atoms with E-state index in [1.54, 1.807) is 0 Å². The van der Waals surface area contributed by atoms with Gasteiger partial charge in [0.05, 0.1) is 18.3 Å². The predicted molar refractivity (Wildman–Crippen MR) is 84.5 cm³/mol. The summed E-state index contributed by atoms with van der Waals surface area (Å²) in [5.41, 5.74) is 2.25. The van der Waals surface area contributed by atoms with Crippen LogP contribution in [0.5, 0.6) is 0 Å². The van der Waals surface area contributed by atoms with Crippen molar-refractivity contribution in [3.63, 3.8) is 0 Å². The maximum absolute atomic E-state index is 12.6. The molecule has 0 unspecified atom stereocenters. The molecule has 1 aromatic carbocycles. The third-order valence-corrected chi connectivity index (χ3v) is 3.77. The molecule has 0 aliphatic carbocycles. The van der Waals surface area contributed by atoms with Crippen molar-refractivity contribution < 1.29 is 14.1 Å². The Morgan fingerprint density at radius 1 is 1.29 bits per heavy atom. The molecule has 2 N–H and O–H groups in total. The summed E-state index contributed by atoms with van der Waals surface area (Å²) in [6.45, 7) is 1.04. The summed E-state index contributed by atoms with van der Waals surface area (Å²) in [6, 6.07) is 9.35. The van der Waals surface area contributed by atoms with Crippen LogP contribution in [0.2, 0.25) is 0 Å². The number of rotatable bonds is 3. The van der Waals surface area contributed by atoms with Gasteiger partial charge in [0.2, 0.25) is 0 Å². The van der Waals surface area contributed by atoms with Gasteiger partial charge in [0.15, 0.2) is 0 Å². The van der Waals surface area contributed by atoms with Gasteiger partial charge in [-0.3, -0.25) is 14.3 Å². The second kappa shape index (κ2) is 5.65. The number of fused-ring (bicyclic) bond motifs is 1. The minimum atomic E-state index is -0.436. The Morgan fingerprint density at radius 3 is 2.96 bits per heavy atom. The number of aromatic nitrogens is 3. The van der Waals surface area contributed by atoms with E-state index < -0.39 is 5.91 Å². The maximum atomic E-state index is 12.6. The number of anilines is 1. The molecular weight excluding hydrogens is 310 g/mol. The van der Waals surface area contributed by atoms with Crippen molar-refractivity contribution in [1.29, 1.82) is 0 Å². The van der Waals surface area contributed by atoms with Crippen LogP contribution in [0.3, 0.4) is 0 Å². The lowest BCUT2D eigenvalue weighted by Crippen LogP contribution is -2.37. The Balaban J connectivity index is 1.64. The van der Waals surface area contributed by atoms with Crippen LogP contribution in [0.1, 0.15) is 20.8 Å². The van der Waals surface area contributed by atoms with E-state index in [0.29, 0.717) is 24.5 Å². The molecule has 8 nitrogen and oxygen atoms in total. The van der Waals surface area contributed by atoms with Gasteiger partial charge in [-0.25, -0.2) is 0 Å². The molecule has 2 aromatic heterocycles. The Hall–Kier alpha value is -3.42. The molecule has 0 fully saturated rings. The number of nitrogens with zero attached hydrogens (tertiary/aromatic N) is 3. The first-order valence-electron chi connectivity index (χ1n) is 7.39. The standard InChI is InChI=1S/C16H13N5O3/c22-15(11-8-18-21-7-6-17-16(23)14(11)21)19-12-9-24-20-13(12)10-4-2-1-3-5-10/h1-5,8-9H,6-7H2,(H,17,23)(H,19,22). The lowest BCUT2D eigenvalue weighted by Gasteiger charge is -2.15. The number of amides is 2. The van der Waals surface area contributed by atoms with Crippen molar-refractivity contribution in [3.8, 4) is 11.3 Å². The number of carbonyl (C=O) groups is 2. The van der Waals surface area contributed by atoms with E-state index in [1.165, 1.54) is 17.1 Å². The third-order valence-electron chi connectivity index (χ3n) is 3.77. The topological polar surface area (TPSA) is 102 Å². The van der Waals surface area contributed by atoms with Crippen LogP contribution >= 0.6 is 0 Å². The Bertz CT molecular complexity index is 913. The molecule has 1 aliphatic heterocycles. The highest BCUT2D eigenvalue weighted by molar-refractivity contribution is 6.12. The van der Waals surface area contributed by atoms with Crippen molar-refractivity contribution in [2.75, 3.05) is 11.9 Å². The molecule has 0 spiro atoms. The number of benzene rings is 1. The van der Waals surface area contributed by atoms with E-state index in [-0.39, 0.29) is 17.2 Å². The smallest absolute Gasteiger partial charge is 0.270 e. The van der Waals surface area contributed by atoms with Crippen LogP contribution < -0.4 is 10.6 Å². The van der Waals surface area contributed by atoms with Gasteiger partial charge in [-0.1, -0.05) is 35.5 Å². The Labute approximate surface area is 136 Å². The average Bonchev–Trinajstić information content (AvgIpc) is 3.23. The van der Waals surface area contributed by atoms with Crippen LogP contribution in [0.25, 0.3) is 11.3 Å². The molecular formula is C16H13N5O3. The molecule has 0 bridgehead atoms. The molecule has 1 aliphatic rings. The summed E-state index contributed by atoms with van der Waals surface area (Å²) in [6.07, 6.45) is 2.75. The van der Waals surface area contributed by atoms with Gasteiger partial charge in [0, 0.05) is 12.1 Å². The fourth-order valence-electron chi connectivity index (χ4n) is 2.64. The van der Waals surface area contributed by atoms with E-state index in [2.05, 4.69) is 20.9 Å². The van der Waals surface area contributed by atoms with Gasteiger partial charge >= 0.3 is 0 Å². The summed E-state index contributed by atoms with van der Waals surface area (Å²) in [4.78, 5) is 24.5. The van der Waals surface area contributed by atoms with Gasteiger partial charge in [0.1, 0.15) is 23.3 Å². The lowest BCUT2D eigenvalue weighted by atomic mass is 10.1. The van der Waals surface area contributed by atoms with Crippen molar-refractivity contribution in [1.82, 2.24) is 20.3 Å². The van der Waals surface area contributed by atoms with Crippen LogP contribution in [0.15, 0.2) is 47.3 Å². The highest BCUT2D eigenvalue weighted by Crippen LogP contribution is 2.27. The number of hydrogen-bond acceptors (Lipinski definition) is 5. The predicted octanol–water partition coefficient (Wildman–Crippen LogP) is 1.53. The van der Waals surface area contributed by atoms with Crippen LogP contribution in [0, 0.1) is 0 Å². The highest BCUT2D eigenvalue weighted by Gasteiger charge is 2.26. The monoisotopic (exact) mass is 323 g/mol. The first kappa shape index (κ1) is 14.2. The summed E-state index contributed by atoms with van der Waals surface area (Å²) >= 11 is 0. The van der Waals surface area contributed by atoms with E-state index in [4.69, 9.17) is 4.52 Å². The minimum absolute atomic E-state index is 0.215. The second-order valence-corrected chi connectivity index (χ2v) is 5.28. The van der Waals surface area contributed by atoms with Gasteiger partial charge in [-0.05, 0) is 0 Å². The van der Waals surface area contributed by atoms with E-state index in [1.807, 2.05) is 30.3 Å². The van der Waals surface area contributed by atoms with Crippen molar-refractivity contribution in [3.05, 3.63) is 54.0 Å². The molecule has 0 radical (unpaired) electrons. The minimum Gasteiger partial charge on any atom is -0.362 e. The maximum Gasteiger partial charge on any atom is 0.270 e. The molecule has 24 heavy (non-hydrogen) atoms. The number of nitrogens with one attached hydrogen (secondary N) is 2. The Kier molecular flexibility index (Phi) is 3.34.